The van der Waals surface area contributed by atoms with E-state index in [1.54, 1.807) is 7.11 Å². The summed E-state index contributed by atoms with van der Waals surface area (Å²) in [6.07, 6.45) is 2.07. The van der Waals surface area contributed by atoms with Crippen LogP contribution in [0.2, 0.25) is 0 Å². The fourth-order valence-corrected chi connectivity index (χ4v) is 1.82. The van der Waals surface area contributed by atoms with E-state index in [1.165, 1.54) is 5.69 Å². The molecule has 0 spiro atoms. The largest absolute Gasteiger partial charge is 0.384 e. The number of hydrogen-bond acceptors (Lipinski definition) is 4. The van der Waals surface area contributed by atoms with Gasteiger partial charge in [-0.25, -0.2) is 4.68 Å². The molecule has 5 nitrogen and oxygen atoms in total. The van der Waals surface area contributed by atoms with Crippen molar-refractivity contribution in [3.8, 4) is 0 Å². The molecular weight excluding hydrogens is 204 g/mol. The van der Waals surface area contributed by atoms with E-state index in [0.29, 0.717) is 12.5 Å². The molecule has 1 aromatic rings. The highest BCUT2D eigenvalue weighted by molar-refractivity contribution is 5.10. The Morgan fingerprint density at radius 3 is 2.81 bits per heavy atom. The molecule has 0 saturated carbocycles. The van der Waals surface area contributed by atoms with Crippen molar-refractivity contribution < 1.29 is 4.74 Å². The number of nitrogens with two attached hydrogens (primary N) is 1. The molecule has 0 aliphatic heterocycles. The molecule has 1 heterocycles. The van der Waals surface area contributed by atoms with Crippen molar-refractivity contribution in [2.24, 2.45) is 11.7 Å². The topological polar surface area (TPSA) is 66.0 Å². The van der Waals surface area contributed by atoms with Gasteiger partial charge in [0.1, 0.15) is 0 Å². The van der Waals surface area contributed by atoms with Gasteiger partial charge in [0, 0.05) is 20.2 Å². The summed E-state index contributed by atoms with van der Waals surface area (Å²) < 4.78 is 7.09. The highest BCUT2D eigenvalue weighted by Gasteiger charge is 2.12. The van der Waals surface area contributed by atoms with Gasteiger partial charge in [0.25, 0.3) is 0 Å². The first-order chi connectivity index (χ1) is 7.72. The average Bonchev–Trinajstić information content (AvgIpc) is 2.62. The van der Waals surface area contributed by atoms with Crippen LogP contribution in [0.3, 0.4) is 0 Å². The third-order valence-corrected chi connectivity index (χ3v) is 2.53. The van der Waals surface area contributed by atoms with E-state index in [4.69, 9.17) is 10.5 Å². The highest BCUT2D eigenvalue weighted by Crippen LogP contribution is 2.10. The summed E-state index contributed by atoms with van der Waals surface area (Å²) in [6, 6.07) is 0. The SMILES string of the molecule is CCCc1c(CN)nnn1CC(C)COC. The Morgan fingerprint density at radius 2 is 2.25 bits per heavy atom. The minimum absolute atomic E-state index is 0.438. The minimum Gasteiger partial charge on any atom is -0.384 e. The predicted molar refractivity (Wildman–Crippen MR) is 62.9 cm³/mol. The van der Waals surface area contributed by atoms with Gasteiger partial charge >= 0.3 is 0 Å². The first kappa shape index (κ1) is 13.1. The van der Waals surface area contributed by atoms with Crippen LogP contribution >= 0.6 is 0 Å². The second-order valence-corrected chi connectivity index (χ2v) is 4.18. The molecule has 0 radical (unpaired) electrons. The Kier molecular flexibility index (Phi) is 5.42. The number of ether oxygens (including phenoxy) is 1. The van der Waals surface area contributed by atoms with Gasteiger partial charge in [-0.1, -0.05) is 25.5 Å². The Hall–Kier alpha value is -0.940. The zero-order valence-electron chi connectivity index (χ0n) is 10.4. The summed E-state index contributed by atoms with van der Waals surface area (Å²) in [5.41, 5.74) is 7.74. The molecule has 0 aromatic carbocycles. The van der Waals surface area contributed by atoms with Crippen LogP contribution in [0.25, 0.3) is 0 Å². The Morgan fingerprint density at radius 1 is 1.50 bits per heavy atom. The molecule has 1 atom stereocenters. The van der Waals surface area contributed by atoms with E-state index < -0.39 is 0 Å². The van der Waals surface area contributed by atoms with Crippen LogP contribution in [0.15, 0.2) is 0 Å². The Labute approximate surface area is 97.0 Å². The maximum absolute atomic E-state index is 5.64. The van der Waals surface area contributed by atoms with Gasteiger partial charge in [-0.2, -0.15) is 0 Å². The quantitative estimate of drug-likeness (QED) is 0.752. The van der Waals surface area contributed by atoms with Gasteiger partial charge in [0.05, 0.1) is 18.0 Å². The lowest BCUT2D eigenvalue weighted by Crippen LogP contribution is -2.16. The Bertz CT molecular complexity index is 311. The van der Waals surface area contributed by atoms with Crippen molar-refractivity contribution in [3.05, 3.63) is 11.4 Å². The van der Waals surface area contributed by atoms with Crippen LogP contribution in [-0.4, -0.2) is 28.7 Å². The van der Waals surface area contributed by atoms with E-state index >= 15 is 0 Å². The minimum atomic E-state index is 0.438. The molecule has 0 aliphatic rings. The van der Waals surface area contributed by atoms with Gasteiger partial charge < -0.3 is 10.5 Å². The molecule has 0 amide bonds. The zero-order chi connectivity index (χ0) is 12.0. The third-order valence-electron chi connectivity index (χ3n) is 2.53. The second-order valence-electron chi connectivity index (χ2n) is 4.18. The number of aromatic nitrogens is 3. The van der Waals surface area contributed by atoms with Crippen molar-refractivity contribution in [1.82, 2.24) is 15.0 Å². The van der Waals surface area contributed by atoms with Gasteiger partial charge in [-0.05, 0) is 12.3 Å². The summed E-state index contributed by atoms with van der Waals surface area (Å²) in [7, 11) is 1.72. The maximum atomic E-state index is 5.64. The van der Waals surface area contributed by atoms with Crippen molar-refractivity contribution in [1.29, 1.82) is 0 Å². The predicted octanol–water partition coefficient (Wildman–Crippen LogP) is 0.972. The lowest BCUT2D eigenvalue weighted by atomic mass is 10.1. The number of hydrogen-bond donors (Lipinski definition) is 1. The summed E-state index contributed by atoms with van der Waals surface area (Å²) in [4.78, 5) is 0. The van der Waals surface area contributed by atoms with E-state index in [0.717, 1.165) is 31.7 Å². The lowest BCUT2D eigenvalue weighted by Gasteiger charge is -2.12. The molecule has 0 bridgehead atoms. The van der Waals surface area contributed by atoms with E-state index in [1.807, 2.05) is 4.68 Å². The fourth-order valence-electron chi connectivity index (χ4n) is 1.82. The summed E-state index contributed by atoms with van der Waals surface area (Å²) in [6.45, 7) is 6.34. The van der Waals surface area contributed by atoms with Crippen molar-refractivity contribution >= 4 is 0 Å². The molecule has 1 aromatic heterocycles. The number of nitrogens with zero attached hydrogens (tertiary/aromatic N) is 3. The first-order valence-electron chi connectivity index (χ1n) is 5.83. The Balaban J connectivity index is 2.74. The third kappa shape index (κ3) is 3.28. The van der Waals surface area contributed by atoms with Crippen molar-refractivity contribution in [3.63, 3.8) is 0 Å². The zero-order valence-corrected chi connectivity index (χ0v) is 10.4. The molecule has 0 fully saturated rings. The monoisotopic (exact) mass is 226 g/mol. The molecule has 1 rings (SSSR count). The van der Waals surface area contributed by atoms with Crippen molar-refractivity contribution in [2.75, 3.05) is 13.7 Å². The van der Waals surface area contributed by atoms with Gasteiger partial charge in [-0.3, -0.25) is 0 Å². The van der Waals surface area contributed by atoms with Gasteiger partial charge in [0.2, 0.25) is 0 Å². The molecule has 5 heteroatoms. The van der Waals surface area contributed by atoms with Crippen LogP contribution in [-0.2, 0) is 24.2 Å². The summed E-state index contributed by atoms with van der Waals surface area (Å²) >= 11 is 0. The molecule has 92 valence electrons. The molecular formula is C11H22N4O. The van der Waals surface area contributed by atoms with Crippen molar-refractivity contribution in [2.45, 2.75) is 39.8 Å². The van der Waals surface area contributed by atoms with E-state index in [2.05, 4.69) is 24.2 Å². The summed E-state index contributed by atoms with van der Waals surface area (Å²) in [5.74, 6) is 0.438. The van der Waals surface area contributed by atoms with Crippen LogP contribution in [0.1, 0.15) is 31.7 Å². The molecule has 0 saturated heterocycles. The van der Waals surface area contributed by atoms with E-state index in [9.17, 15) is 0 Å². The molecule has 0 aliphatic carbocycles. The maximum Gasteiger partial charge on any atom is 0.0994 e. The number of methoxy groups -OCH3 is 1. The smallest absolute Gasteiger partial charge is 0.0994 e. The second kappa shape index (κ2) is 6.60. The molecule has 1 unspecified atom stereocenters. The standard InChI is InChI=1S/C11H22N4O/c1-4-5-11-10(6-12)13-14-15(11)7-9(2)8-16-3/h9H,4-8,12H2,1-3H3. The van der Waals surface area contributed by atoms with Crippen LogP contribution in [0.5, 0.6) is 0 Å². The molecule has 16 heavy (non-hydrogen) atoms. The fraction of sp³-hybridized carbons (Fsp3) is 0.818. The summed E-state index contributed by atoms with van der Waals surface area (Å²) in [5, 5.41) is 8.27. The molecule has 2 N–H and O–H groups in total. The average molecular weight is 226 g/mol. The first-order valence-corrected chi connectivity index (χ1v) is 5.83. The van der Waals surface area contributed by atoms with Gasteiger partial charge in [-0.15, -0.1) is 5.10 Å². The van der Waals surface area contributed by atoms with Crippen LogP contribution in [0, 0.1) is 5.92 Å². The number of rotatable bonds is 7. The lowest BCUT2D eigenvalue weighted by molar-refractivity contribution is 0.148. The van der Waals surface area contributed by atoms with Crippen LogP contribution < -0.4 is 5.73 Å². The van der Waals surface area contributed by atoms with E-state index in [-0.39, 0.29) is 0 Å². The van der Waals surface area contributed by atoms with Gasteiger partial charge in [0.15, 0.2) is 0 Å². The van der Waals surface area contributed by atoms with Crippen LogP contribution in [0.4, 0.5) is 0 Å². The highest BCUT2D eigenvalue weighted by atomic mass is 16.5. The normalized spacial score (nSPS) is 13.0.